The summed E-state index contributed by atoms with van der Waals surface area (Å²) in [6.45, 7) is 10.1. The molecule has 2 unspecified atom stereocenters. The number of piperidine rings is 1. The van der Waals surface area contributed by atoms with Gasteiger partial charge in [-0.3, -0.25) is 4.79 Å². The first-order valence-electron chi connectivity index (χ1n) is 8.77. The maximum absolute atomic E-state index is 12.5. The SMILES string of the molecule is CCCNC1(C(=O)OCC)CCC(N2CCC(C)CC2)C1. The standard InChI is InChI=1S/C17H32N2O2/c1-4-10-18-17(16(20)21-5-2)9-6-15(13-17)19-11-7-14(3)8-12-19/h14-15,18H,4-13H2,1-3H3. The lowest BCUT2D eigenvalue weighted by Crippen LogP contribution is -2.53. The fourth-order valence-electron chi connectivity index (χ4n) is 3.78. The molecule has 1 aliphatic carbocycles. The molecule has 1 saturated heterocycles. The Morgan fingerprint density at radius 1 is 1.29 bits per heavy atom. The fourth-order valence-corrected chi connectivity index (χ4v) is 3.78. The van der Waals surface area contributed by atoms with Crippen LogP contribution in [0.25, 0.3) is 0 Å². The summed E-state index contributed by atoms with van der Waals surface area (Å²) in [6.07, 6.45) is 6.59. The van der Waals surface area contributed by atoms with Gasteiger partial charge in [-0.1, -0.05) is 13.8 Å². The monoisotopic (exact) mass is 296 g/mol. The second-order valence-corrected chi connectivity index (χ2v) is 6.84. The molecule has 0 spiro atoms. The number of nitrogens with zero attached hydrogens (tertiary/aromatic N) is 1. The van der Waals surface area contributed by atoms with Crippen molar-refractivity contribution < 1.29 is 9.53 Å². The highest BCUT2D eigenvalue weighted by Gasteiger charge is 2.47. The molecule has 1 saturated carbocycles. The van der Waals surface area contributed by atoms with Crippen LogP contribution in [0.15, 0.2) is 0 Å². The lowest BCUT2D eigenvalue weighted by Gasteiger charge is -2.36. The second kappa shape index (κ2) is 7.59. The van der Waals surface area contributed by atoms with E-state index >= 15 is 0 Å². The number of carbonyl (C=O) groups excluding carboxylic acids is 1. The van der Waals surface area contributed by atoms with Crippen LogP contribution in [0.1, 0.15) is 59.3 Å². The van der Waals surface area contributed by atoms with E-state index in [0.717, 1.165) is 38.1 Å². The zero-order valence-electron chi connectivity index (χ0n) is 14.0. The third-order valence-corrected chi connectivity index (χ3v) is 5.20. The van der Waals surface area contributed by atoms with Gasteiger partial charge in [0, 0.05) is 6.04 Å². The van der Waals surface area contributed by atoms with Gasteiger partial charge in [-0.2, -0.15) is 0 Å². The quantitative estimate of drug-likeness (QED) is 0.765. The van der Waals surface area contributed by atoms with Crippen molar-refractivity contribution in [3.63, 3.8) is 0 Å². The zero-order chi connectivity index (χ0) is 15.3. The molecule has 0 aromatic heterocycles. The molecule has 2 rings (SSSR count). The first-order chi connectivity index (χ1) is 10.1. The van der Waals surface area contributed by atoms with Crippen molar-refractivity contribution in [2.75, 3.05) is 26.2 Å². The van der Waals surface area contributed by atoms with Gasteiger partial charge in [0.25, 0.3) is 0 Å². The Kier molecular flexibility index (Phi) is 6.06. The van der Waals surface area contributed by atoms with Crippen LogP contribution in [0.3, 0.4) is 0 Å². The number of hydrogen-bond donors (Lipinski definition) is 1. The summed E-state index contributed by atoms with van der Waals surface area (Å²) in [5.74, 6) is 0.821. The van der Waals surface area contributed by atoms with Gasteiger partial charge in [-0.05, 0) is 71.0 Å². The fraction of sp³-hybridized carbons (Fsp3) is 0.941. The van der Waals surface area contributed by atoms with Gasteiger partial charge < -0.3 is 15.0 Å². The summed E-state index contributed by atoms with van der Waals surface area (Å²) in [6, 6.07) is 0.547. The van der Waals surface area contributed by atoms with E-state index in [1.165, 1.54) is 25.9 Å². The van der Waals surface area contributed by atoms with Crippen LogP contribution >= 0.6 is 0 Å². The van der Waals surface area contributed by atoms with Crippen LogP contribution in [0.4, 0.5) is 0 Å². The van der Waals surface area contributed by atoms with E-state index in [4.69, 9.17) is 4.74 Å². The summed E-state index contributed by atoms with van der Waals surface area (Å²) < 4.78 is 5.36. The van der Waals surface area contributed by atoms with E-state index in [-0.39, 0.29) is 5.97 Å². The van der Waals surface area contributed by atoms with E-state index in [9.17, 15) is 4.79 Å². The minimum Gasteiger partial charge on any atom is -0.465 e. The van der Waals surface area contributed by atoms with Gasteiger partial charge >= 0.3 is 5.97 Å². The van der Waals surface area contributed by atoms with E-state index in [2.05, 4.69) is 24.1 Å². The van der Waals surface area contributed by atoms with Gasteiger partial charge in [0.1, 0.15) is 5.54 Å². The molecule has 0 amide bonds. The van der Waals surface area contributed by atoms with Crippen LogP contribution in [-0.2, 0) is 9.53 Å². The third kappa shape index (κ3) is 3.98. The summed E-state index contributed by atoms with van der Waals surface area (Å²) >= 11 is 0. The molecule has 4 heteroatoms. The Morgan fingerprint density at radius 2 is 2.00 bits per heavy atom. The number of carbonyl (C=O) groups is 1. The van der Waals surface area contributed by atoms with Crippen molar-refractivity contribution in [3.05, 3.63) is 0 Å². The number of hydrogen-bond acceptors (Lipinski definition) is 4. The predicted octanol–water partition coefficient (Wildman–Crippen LogP) is 2.57. The largest absolute Gasteiger partial charge is 0.465 e. The van der Waals surface area contributed by atoms with Crippen molar-refractivity contribution >= 4 is 5.97 Å². The highest BCUT2D eigenvalue weighted by molar-refractivity contribution is 5.81. The maximum Gasteiger partial charge on any atom is 0.326 e. The first kappa shape index (κ1) is 16.8. The molecule has 0 radical (unpaired) electrons. The van der Waals surface area contributed by atoms with E-state index < -0.39 is 5.54 Å². The molecule has 0 aromatic carbocycles. The van der Waals surface area contributed by atoms with Crippen molar-refractivity contribution in [1.29, 1.82) is 0 Å². The molecule has 0 bridgehead atoms. The summed E-state index contributed by atoms with van der Waals surface area (Å²) in [7, 11) is 0. The van der Waals surface area contributed by atoms with Crippen LogP contribution in [-0.4, -0.2) is 48.7 Å². The highest BCUT2D eigenvalue weighted by Crippen LogP contribution is 2.36. The Labute approximate surface area is 129 Å². The summed E-state index contributed by atoms with van der Waals surface area (Å²) in [5, 5.41) is 3.51. The number of rotatable bonds is 6. The topological polar surface area (TPSA) is 41.6 Å². The van der Waals surface area contributed by atoms with E-state index in [0.29, 0.717) is 12.6 Å². The molecule has 1 N–H and O–H groups in total. The van der Waals surface area contributed by atoms with Crippen LogP contribution in [0.2, 0.25) is 0 Å². The molecule has 2 atom stereocenters. The molecule has 0 aromatic rings. The average molecular weight is 296 g/mol. The van der Waals surface area contributed by atoms with Gasteiger partial charge in [0.05, 0.1) is 6.61 Å². The molecular weight excluding hydrogens is 264 g/mol. The van der Waals surface area contributed by atoms with Crippen LogP contribution < -0.4 is 5.32 Å². The molecule has 1 heterocycles. The van der Waals surface area contributed by atoms with Crippen molar-refractivity contribution in [2.45, 2.75) is 70.9 Å². The Balaban J connectivity index is 1.98. The number of nitrogens with one attached hydrogen (secondary N) is 1. The van der Waals surface area contributed by atoms with Crippen molar-refractivity contribution in [3.8, 4) is 0 Å². The normalized spacial score (nSPS) is 31.5. The second-order valence-electron chi connectivity index (χ2n) is 6.84. The van der Waals surface area contributed by atoms with Crippen LogP contribution in [0.5, 0.6) is 0 Å². The first-order valence-corrected chi connectivity index (χ1v) is 8.77. The van der Waals surface area contributed by atoms with E-state index in [1.807, 2.05) is 6.92 Å². The van der Waals surface area contributed by atoms with Crippen LogP contribution in [0, 0.1) is 5.92 Å². The Bertz CT molecular complexity index is 340. The zero-order valence-corrected chi connectivity index (χ0v) is 14.0. The molecule has 122 valence electrons. The number of likely N-dealkylation sites (tertiary alicyclic amines) is 1. The number of esters is 1. The average Bonchev–Trinajstić information content (AvgIpc) is 2.92. The summed E-state index contributed by atoms with van der Waals surface area (Å²) in [5.41, 5.74) is -0.431. The molecule has 2 aliphatic rings. The van der Waals surface area contributed by atoms with Gasteiger partial charge in [0.15, 0.2) is 0 Å². The molecule has 2 fully saturated rings. The Morgan fingerprint density at radius 3 is 2.62 bits per heavy atom. The minimum absolute atomic E-state index is 0.0358. The van der Waals surface area contributed by atoms with Crippen molar-refractivity contribution in [2.24, 2.45) is 5.92 Å². The molecule has 1 aliphatic heterocycles. The van der Waals surface area contributed by atoms with Crippen molar-refractivity contribution in [1.82, 2.24) is 10.2 Å². The minimum atomic E-state index is -0.431. The Hall–Kier alpha value is -0.610. The molecule has 21 heavy (non-hydrogen) atoms. The lowest BCUT2D eigenvalue weighted by molar-refractivity contribution is -0.151. The molecular formula is C17H32N2O2. The lowest BCUT2D eigenvalue weighted by atomic mass is 9.95. The third-order valence-electron chi connectivity index (χ3n) is 5.20. The highest BCUT2D eigenvalue weighted by atomic mass is 16.5. The predicted molar refractivity (Wildman–Crippen MR) is 85.3 cm³/mol. The molecule has 4 nitrogen and oxygen atoms in total. The maximum atomic E-state index is 12.5. The van der Waals surface area contributed by atoms with E-state index in [1.54, 1.807) is 0 Å². The number of ether oxygens (including phenoxy) is 1. The van der Waals surface area contributed by atoms with Gasteiger partial charge in [-0.25, -0.2) is 0 Å². The van der Waals surface area contributed by atoms with Gasteiger partial charge in [0.2, 0.25) is 0 Å². The summed E-state index contributed by atoms with van der Waals surface area (Å²) in [4.78, 5) is 15.1. The van der Waals surface area contributed by atoms with Gasteiger partial charge in [-0.15, -0.1) is 0 Å². The smallest absolute Gasteiger partial charge is 0.326 e.